The Kier molecular flexibility index (Phi) is 3.89. The molecule has 0 spiro atoms. The predicted molar refractivity (Wildman–Crippen MR) is 82.2 cm³/mol. The molecular weight excluding hydrogens is 316 g/mol. The second-order valence-electron chi connectivity index (χ2n) is 4.83. The number of aromatic amines is 1. The van der Waals surface area contributed by atoms with Crippen LogP contribution in [0, 0.1) is 5.92 Å². The third-order valence-electron chi connectivity index (χ3n) is 3.29. The summed E-state index contributed by atoms with van der Waals surface area (Å²) in [5, 5.41) is 20.3. The van der Waals surface area contributed by atoms with Crippen LogP contribution in [-0.4, -0.2) is 39.1 Å². The molecule has 0 atom stereocenters. The fourth-order valence-corrected chi connectivity index (χ4v) is 2.16. The van der Waals surface area contributed by atoms with Crippen LogP contribution in [0.15, 0.2) is 35.6 Å². The second-order valence-corrected chi connectivity index (χ2v) is 4.83. The van der Waals surface area contributed by atoms with Crippen LogP contribution >= 0.6 is 0 Å². The zero-order valence-corrected chi connectivity index (χ0v) is 12.1. The third kappa shape index (κ3) is 2.90. The minimum Gasteiger partial charge on any atom is -0.341 e. The lowest BCUT2D eigenvalue weighted by Gasteiger charge is -2.22. The molecule has 11 nitrogen and oxygen atoms in total. The molecule has 0 bridgehead atoms. The van der Waals surface area contributed by atoms with Gasteiger partial charge in [0.05, 0.1) is 11.9 Å². The Morgan fingerprint density at radius 2 is 1.79 bits per heavy atom. The zero-order chi connectivity index (χ0) is 17.1. The summed E-state index contributed by atoms with van der Waals surface area (Å²) >= 11 is 0. The first-order chi connectivity index (χ1) is 11.6. The van der Waals surface area contributed by atoms with E-state index >= 15 is 0 Å². The van der Waals surface area contributed by atoms with Gasteiger partial charge in [-0.15, -0.1) is 5.10 Å². The Hall–Kier alpha value is -3.76. The average molecular weight is 328 g/mol. The predicted octanol–water partition coefficient (Wildman–Crippen LogP) is -0.862. The number of rotatable bonds is 3. The van der Waals surface area contributed by atoms with Gasteiger partial charge in [-0.3, -0.25) is 25.3 Å². The summed E-state index contributed by atoms with van der Waals surface area (Å²) in [6.45, 7) is 0. The van der Waals surface area contributed by atoms with Crippen LogP contribution in [0.3, 0.4) is 0 Å². The van der Waals surface area contributed by atoms with Gasteiger partial charge in [-0.25, -0.2) is 4.79 Å². The molecule has 0 unspecified atom stereocenters. The Labute approximate surface area is 134 Å². The number of nitrogens with zero attached hydrogens (tertiary/aromatic N) is 3. The number of amidine groups is 1. The number of nitrogens with two attached hydrogens (primary N) is 1. The van der Waals surface area contributed by atoms with Gasteiger partial charge < -0.3 is 11.2 Å². The van der Waals surface area contributed by atoms with Crippen molar-refractivity contribution in [2.24, 2.45) is 16.9 Å². The van der Waals surface area contributed by atoms with E-state index in [9.17, 15) is 14.4 Å². The number of carbonyl (C=O) groups excluding carboxylic acids is 3. The van der Waals surface area contributed by atoms with Crippen LogP contribution in [0.1, 0.15) is 0 Å². The van der Waals surface area contributed by atoms with Crippen LogP contribution in [0.4, 0.5) is 10.5 Å². The highest BCUT2D eigenvalue weighted by atomic mass is 16.2. The van der Waals surface area contributed by atoms with E-state index in [4.69, 9.17) is 5.84 Å². The Morgan fingerprint density at radius 1 is 1.12 bits per heavy atom. The van der Waals surface area contributed by atoms with Crippen molar-refractivity contribution in [1.29, 1.82) is 0 Å². The van der Waals surface area contributed by atoms with E-state index in [2.05, 4.69) is 25.8 Å². The van der Waals surface area contributed by atoms with Gasteiger partial charge in [-0.2, -0.15) is 5.10 Å². The van der Waals surface area contributed by atoms with Crippen LogP contribution in [0.5, 0.6) is 0 Å². The fourth-order valence-electron chi connectivity index (χ4n) is 2.16. The van der Waals surface area contributed by atoms with Crippen LogP contribution in [0.2, 0.25) is 0 Å². The average Bonchev–Trinajstić information content (AvgIpc) is 3.08. The summed E-state index contributed by atoms with van der Waals surface area (Å²) in [7, 11) is 0. The first kappa shape index (κ1) is 15.1. The summed E-state index contributed by atoms with van der Waals surface area (Å²) in [6.07, 6.45) is 1.57. The largest absolute Gasteiger partial charge is 0.341 e. The number of hydrogen-bond donors (Lipinski definition) is 5. The highest BCUT2D eigenvalue weighted by molar-refractivity contribution is 6.29. The standard InChI is InChI=1S/C13H12N8O3/c14-19-10(9-11(22)17-13(24)18-12(9)23)16-7-3-1-6(2-4-7)8-5-15-21-20-8/h1-5,9H,14H2,(H,16,19)(H,15,20,21)(H2,17,18,22,23,24). The van der Waals surface area contributed by atoms with Gasteiger partial charge in [0.2, 0.25) is 11.8 Å². The van der Waals surface area contributed by atoms with Crippen molar-refractivity contribution < 1.29 is 14.4 Å². The van der Waals surface area contributed by atoms with Crippen molar-refractivity contribution in [3.05, 3.63) is 30.5 Å². The molecule has 1 saturated heterocycles. The first-order valence-electron chi connectivity index (χ1n) is 6.75. The van der Waals surface area contributed by atoms with Crippen molar-refractivity contribution in [2.75, 3.05) is 5.32 Å². The molecule has 4 amide bonds. The maximum atomic E-state index is 11.8. The molecule has 1 fully saturated rings. The molecule has 3 rings (SSSR count). The molecule has 6 N–H and O–H groups in total. The summed E-state index contributed by atoms with van der Waals surface area (Å²) in [4.78, 5) is 34.7. The number of anilines is 1. The molecule has 1 aliphatic heterocycles. The number of hydrogen-bond acceptors (Lipinski definition) is 7. The molecule has 1 aromatic heterocycles. The molecule has 1 aromatic carbocycles. The number of barbiturate groups is 1. The minimum atomic E-state index is -1.34. The quantitative estimate of drug-likeness (QED) is 0.160. The SMILES string of the molecule is N/N=C(/Nc1ccc(-c2cnn[nH]2)cc1)C1C(=O)NC(=O)NC1=O. The number of amides is 4. The smallest absolute Gasteiger partial charge is 0.328 e. The van der Waals surface area contributed by atoms with Crippen molar-refractivity contribution in [2.45, 2.75) is 0 Å². The monoisotopic (exact) mass is 328 g/mol. The molecule has 0 saturated carbocycles. The summed E-state index contributed by atoms with van der Waals surface area (Å²) in [5.41, 5.74) is 2.13. The summed E-state index contributed by atoms with van der Waals surface area (Å²) < 4.78 is 0. The summed E-state index contributed by atoms with van der Waals surface area (Å²) in [6, 6.07) is 6.07. The number of H-pyrrole nitrogens is 1. The molecule has 2 heterocycles. The number of nitrogens with one attached hydrogen (secondary N) is 4. The van der Waals surface area contributed by atoms with E-state index in [1.807, 2.05) is 10.6 Å². The normalized spacial score (nSPS) is 15.8. The lowest BCUT2D eigenvalue weighted by molar-refractivity contribution is -0.132. The fraction of sp³-hybridized carbons (Fsp3) is 0.0769. The van der Waals surface area contributed by atoms with Crippen LogP contribution < -0.4 is 21.8 Å². The van der Waals surface area contributed by atoms with Gasteiger partial charge in [0.1, 0.15) is 5.84 Å². The highest BCUT2D eigenvalue weighted by Gasteiger charge is 2.38. The van der Waals surface area contributed by atoms with Crippen molar-refractivity contribution in [3.8, 4) is 11.3 Å². The molecular formula is C13H12N8O3. The molecule has 0 aliphatic carbocycles. The molecule has 1 aliphatic rings. The van der Waals surface area contributed by atoms with E-state index in [1.165, 1.54) is 0 Å². The van der Waals surface area contributed by atoms with Gasteiger partial charge in [-0.1, -0.05) is 17.3 Å². The third-order valence-corrected chi connectivity index (χ3v) is 3.29. The van der Waals surface area contributed by atoms with Crippen LogP contribution in [-0.2, 0) is 9.59 Å². The molecule has 2 aromatic rings. The van der Waals surface area contributed by atoms with Crippen molar-refractivity contribution in [1.82, 2.24) is 26.0 Å². The van der Waals surface area contributed by atoms with E-state index in [-0.39, 0.29) is 5.84 Å². The molecule has 11 heteroatoms. The summed E-state index contributed by atoms with van der Waals surface area (Å²) in [5.74, 6) is 2.23. The number of imide groups is 2. The van der Waals surface area contributed by atoms with E-state index < -0.39 is 23.8 Å². The number of urea groups is 1. The maximum absolute atomic E-state index is 11.8. The number of benzene rings is 1. The Bertz CT molecular complexity index is 792. The Balaban J connectivity index is 1.77. The van der Waals surface area contributed by atoms with Gasteiger partial charge in [0.15, 0.2) is 5.92 Å². The molecule has 122 valence electrons. The van der Waals surface area contributed by atoms with E-state index in [0.717, 1.165) is 11.3 Å². The van der Waals surface area contributed by atoms with Crippen molar-refractivity contribution >= 4 is 29.4 Å². The molecule has 24 heavy (non-hydrogen) atoms. The van der Waals surface area contributed by atoms with Gasteiger partial charge in [0.25, 0.3) is 0 Å². The minimum absolute atomic E-state index is 0.0894. The van der Waals surface area contributed by atoms with Crippen molar-refractivity contribution in [3.63, 3.8) is 0 Å². The lowest BCUT2D eigenvalue weighted by atomic mass is 10.0. The van der Waals surface area contributed by atoms with E-state index in [0.29, 0.717) is 5.69 Å². The first-order valence-corrected chi connectivity index (χ1v) is 6.75. The van der Waals surface area contributed by atoms with E-state index in [1.54, 1.807) is 30.5 Å². The number of hydrazone groups is 1. The van der Waals surface area contributed by atoms with Gasteiger partial charge in [0, 0.05) is 11.3 Å². The van der Waals surface area contributed by atoms with Gasteiger partial charge >= 0.3 is 6.03 Å². The second kappa shape index (κ2) is 6.16. The molecule has 0 radical (unpaired) electrons. The number of carbonyl (C=O) groups is 3. The highest BCUT2D eigenvalue weighted by Crippen LogP contribution is 2.19. The Morgan fingerprint density at radius 3 is 2.33 bits per heavy atom. The topological polar surface area (TPSA) is 167 Å². The van der Waals surface area contributed by atoms with Crippen LogP contribution in [0.25, 0.3) is 11.3 Å². The maximum Gasteiger partial charge on any atom is 0.328 e. The number of aromatic nitrogens is 3. The zero-order valence-electron chi connectivity index (χ0n) is 12.1. The lowest BCUT2D eigenvalue weighted by Crippen LogP contribution is -2.59. The van der Waals surface area contributed by atoms with Gasteiger partial charge in [-0.05, 0) is 12.1 Å².